The fraction of sp³-hybridized carbons (Fsp3) is 0.562. The number of aromatic carboxylic acids is 1. The van der Waals surface area contributed by atoms with Crippen LogP contribution < -0.4 is 0 Å². The molecule has 0 aromatic heterocycles. The summed E-state index contributed by atoms with van der Waals surface area (Å²) in [6.45, 7) is 13.6. The quantitative estimate of drug-likeness (QED) is 0.311. The van der Waals surface area contributed by atoms with Gasteiger partial charge in [0.15, 0.2) is 0 Å². The van der Waals surface area contributed by atoms with E-state index in [9.17, 15) is 9.90 Å². The molecule has 3 rings (SSSR count). The lowest BCUT2D eigenvalue weighted by atomic mass is 9.69. The van der Waals surface area contributed by atoms with Crippen LogP contribution in [0.5, 0.6) is 0 Å². The molecule has 0 amide bonds. The summed E-state index contributed by atoms with van der Waals surface area (Å²) in [7, 11) is 2.20. The number of aliphatic imine (C=N–C) groups is 1. The Balaban J connectivity index is 2.07. The molecule has 0 unspecified atom stereocenters. The van der Waals surface area contributed by atoms with Gasteiger partial charge in [-0.2, -0.15) is 0 Å². The van der Waals surface area contributed by atoms with Crippen LogP contribution in [-0.4, -0.2) is 34.4 Å². The average Bonchev–Trinajstić information content (AvgIpc) is 2.83. The van der Waals surface area contributed by atoms with Crippen LogP contribution in [0, 0.1) is 17.3 Å². The standard InChI is InChI=1S/C32H44Cl2N2O2/c1-21(2)8-13-29(23-9-11-24(12-10-23)30(37)38)36(7)32(16-14-26(15-17-32)31(4,5)6)35-22(3)25-18-27(33)20-28(34)19-25/h9-12,18-21,26,29H,8,13-17H2,1-7H3,(H,37,38)/b35-22+/t26?,29-,32?/m1/s1. The summed E-state index contributed by atoms with van der Waals surface area (Å²) >= 11 is 12.7. The average molecular weight is 560 g/mol. The summed E-state index contributed by atoms with van der Waals surface area (Å²) in [6.07, 6.45) is 6.18. The van der Waals surface area contributed by atoms with Crippen LogP contribution in [-0.2, 0) is 0 Å². The Labute approximate surface area is 239 Å². The molecule has 2 aromatic rings. The maximum atomic E-state index is 11.5. The third-order valence-electron chi connectivity index (χ3n) is 8.35. The van der Waals surface area contributed by atoms with E-state index in [4.69, 9.17) is 28.2 Å². The summed E-state index contributed by atoms with van der Waals surface area (Å²) in [5.41, 5.74) is 3.19. The number of carbonyl (C=O) groups is 1. The highest BCUT2D eigenvalue weighted by molar-refractivity contribution is 6.35. The molecule has 0 heterocycles. The Morgan fingerprint density at radius 3 is 2.05 bits per heavy atom. The largest absolute Gasteiger partial charge is 0.478 e. The molecule has 1 atom stereocenters. The molecular formula is C32H44Cl2N2O2. The van der Waals surface area contributed by atoms with Crippen molar-refractivity contribution in [1.29, 1.82) is 0 Å². The summed E-state index contributed by atoms with van der Waals surface area (Å²) in [6, 6.07) is 13.1. The molecule has 4 nitrogen and oxygen atoms in total. The van der Waals surface area contributed by atoms with Crippen molar-refractivity contribution >= 4 is 34.9 Å². The van der Waals surface area contributed by atoms with E-state index in [2.05, 4.69) is 53.5 Å². The third kappa shape index (κ3) is 7.61. The van der Waals surface area contributed by atoms with Crippen molar-refractivity contribution < 1.29 is 9.90 Å². The maximum Gasteiger partial charge on any atom is 0.335 e. The van der Waals surface area contributed by atoms with E-state index in [1.54, 1.807) is 18.2 Å². The minimum absolute atomic E-state index is 0.117. The van der Waals surface area contributed by atoms with Gasteiger partial charge in [0.25, 0.3) is 0 Å². The Bertz CT molecular complexity index is 1110. The van der Waals surface area contributed by atoms with Crippen molar-refractivity contribution in [2.24, 2.45) is 22.2 Å². The number of nitrogens with zero attached hydrogens (tertiary/aromatic N) is 2. The first kappa shape index (κ1) is 30.7. The first-order valence-electron chi connectivity index (χ1n) is 13.8. The fourth-order valence-electron chi connectivity index (χ4n) is 5.84. The number of benzene rings is 2. The molecule has 1 saturated carbocycles. The molecule has 38 heavy (non-hydrogen) atoms. The third-order valence-corrected chi connectivity index (χ3v) is 8.79. The van der Waals surface area contributed by atoms with Crippen molar-refractivity contribution in [3.63, 3.8) is 0 Å². The molecule has 0 spiro atoms. The van der Waals surface area contributed by atoms with Gasteiger partial charge in [0.05, 0.1) is 5.56 Å². The van der Waals surface area contributed by atoms with E-state index in [0.29, 0.717) is 27.4 Å². The van der Waals surface area contributed by atoms with Crippen molar-refractivity contribution in [3.8, 4) is 0 Å². The second-order valence-electron chi connectivity index (χ2n) is 12.5. The number of carboxylic acids is 1. The van der Waals surface area contributed by atoms with Gasteiger partial charge in [0.1, 0.15) is 5.66 Å². The molecule has 0 bridgehead atoms. The van der Waals surface area contributed by atoms with Gasteiger partial charge >= 0.3 is 5.97 Å². The van der Waals surface area contributed by atoms with E-state index in [-0.39, 0.29) is 17.1 Å². The minimum Gasteiger partial charge on any atom is -0.478 e. The Morgan fingerprint density at radius 1 is 1.03 bits per heavy atom. The number of hydrogen-bond acceptors (Lipinski definition) is 3. The Morgan fingerprint density at radius 2 is 1.58 bits per heavy atom. The zero-order valence-corrected chi connectivity index (χ0v) is 25.5. The SMILES string of the molecule is C/C(=N\C1(N(C)[C@H](CCC(C)C)c2ccc(C(=O)O)cc2)CCC(C(C)(C)C)CC1)c1cc(Cl)cc(Cl)c1. The van der Waals surface area contributed by atoms with E-state index in [0.717, 1.165) is 55.4 Å². The van der Waals surface area contributed by atoms with Crippen molar-refractivity contribution in [2.45, 2.75) is 91.8 Å². The summed E-state index contributed by atoms with van der Waals surface area (Å²) in [5, 5.41) is 10.6. The van der Waals surface area contributed by atoms with Crippen LogP contribution in [0.15, 0.2) is 47.5 Å². The van der Waals surface area contributed by atoms with E-state index >= 15 is 0 Å². The molecule has 1 fully saturated rings. The first-order chi connectivity index (χ1) is 17.7. The highest BCUT2D eigenvalue weighted by atomic mass is 35.5. The highest BCUT2D eigenvalue weighted by Crippen LogP contribution is 2.47. The van der Waals surface area contributed by atoms with E-state index in [1.165, 1.54) is 0 Å². The van der Waals surface area contributed by atoms with Crippen LogP contribution in [0.25, 0.3) is 0 Å². The zero-order chi connectivity index (χ0) is 28.3. The zero-order valence-electron chi connectivity index (χ0n) is 24.0. The molecule has 0 radical (unpaired) electrons. The van der Waals surface area contributed by atoms with Crippen LogP contribution >= 0.6 is 23.2 Å². The molecular weight excluding hydrogens is 515 g/mol. The lowest BCUT2D eigenvalue weighted by molar-refractivity contribution is 0.00702. The summed E-state index contributed by atoms with van der Waals surface area (Å²) < 4.78 is 0. The Hall–Kier alpha value is -1.88. The molecule has 2 aromatic carbocycles. The number of carboxylic acid groups (broad SMARTS) is 1. The summed E-state index contributed by atoms with van der Waals surface area (Å²) in [4.78, 5) is 19.5. The van der Waals surface area contributed by atoms with Gasteiger partial charge in [-0.05, 0) is 111 Å². The minimum atomic E-state index is -0.902. The molecule has 6 heteroatoms. The maximum absolute atomic E-state index is 11.5. The summed E-state index contributed by atoms with van der Waals surface area (Å²) in [5.74, 6) is 0.306. The van der Waals surface area contributed by atoms with Crippen LogP contribution in [0.1, 0.15) is 108 Å². The van der Waals surface area contributed by atoms with Crippen LogP contribution in [0.4, 0.5) is 0 Å². The molecule has 0 saturated heterocycles. The predicted octanol–water partition coefficient (Wildman–Crippen LogP) is 9.54. The smallest absolute Gasteiger partial charge is 0.335 e. The number of rotatable bonds is 9. The van der Waals surface area contributed by atoms with Gasteiger partial charge < -0.3 is 5.11 Å². The number of hydrogen-bond donors (Lipinski definition) is 1. The van der Waals surface area contributed by atoms with Gasteiger partial charge in [-0.1, -0.05) is 70.0 Å². The van der Waals surface area contributed by atoms with Gasteiger partial charge in [0.2, 0.25) is 0 Å². The van der Waals surface area contributed by atoms with Gasteiger partial charge in [-0.3, -0.25) is 9.89 Å². The molecule has 1 N–H and O–H groups in total. The van der Waals surface area contributed by atoms with E-state index < -0.39 is 5.97 Å². The lowest BCUT2D eigenvalue weighted by Crippen LogP contribution is -2.50. The van der Waals surface area contributed by atoms with Gasteiger partial charge in [-0.15, -0.1) is 0 Å². The van der Waals surface area contributed by atoms with Crippen LogP contribution in [0.3, 0.4) is 0 Å². The van der Waals surface area contributed by atoms with Crippen molar-refractivity contribution in [2.75, 3.05) is 7.05 Å². The number of halogens is 2. The van der Waals surface area contributed by atoms with Gasteiger partial charge in [0, 0.05) is 21.8 Å². The Kier molecular flexibility index (Phi) is 10.1. The predicted molar refractivity (Wildman–Crippen MR) is 161 cm³/mol. The molecule has 208 valence electrons. The first-order valence-corrected chi connectivity index (χ1v) is 14.6. The lowest BCUT2D eigenvalue weighted by Gasteiger charge is -2.49. The van der Waals surface area contributed by atoms with Gasteiger partial charge in [-0.25, -0.2) is 4.79 Å². The molecule has 1 aliphatic rings. The fourth-order valence-corrected chi connectivity index (χ4v) is 6.37. The second kappa shape index (κ2) is 12.5. The normalized spacial score (nSPS) is 21.7. The topological polar surface area (TPSA) is 52.9 Å². The molecule has 1 aliphatic carbocycles. The van der Waals surface area contributed by atoms with Crippen molar-refractivity contribution in [1.82, 2.24) is 4.90 Å². The van der Waals surface area contributed by atoms with Crippen molar-refractivity contribution in [3.05, 3.63) is 69.2 Å². The monoisotopic (exact) mass is 558 g/mol. The van der Waals surface area contributed by atoms with E-state index in [1.807, 2.05) is 24.3 Å². The highest BCUT2D eigenvalue weighted by Gasteiger charge is 2.44. The molecule has 0 aliphatic heterocycles. The van der Waals surface area contributed by atoms with Crippen LogP contribution in [0.2, 0.25) is 10.0 Å². The second-order valence-corrected chi connectivity index (χ2v) is 13.4.